The van der Waals surface area contributed by atoms with Crippen LogP contribution in [0, 0.1) is 5.92 Å². The molecule has 20 heavy (non-hydrogen) atoms. The summed E-state index contributed by atoms with van der Waals surface area (Å²) in [5.74, 6) is 0.596. The first-order valence-corrected chi connectivity index (χ1v) is 6.07. The standard InChI is InChI=1S/C13H19N3O4/c1-8(2)7-20-13(17)15-10-5-4-9(12(14)16-18)6-11(10)19-3/h4-6,8,18H,7H2,1-3H3,(H2,14,16)(H,15,17). The third kappa shape index (κ3) is 4.34. The Morgan fingerprint density at radius 3 is 2.75 bits per heavy atom. The van der Waals surface area contributed by atoms with Gasteiger partial charge in [-0.3, -0.25) is 5.32 Å². The van der Waals surface area contributed by atoms with Crippen LogP contribution in [0.25, 0.3) is 0 Å². The van der Waals surface area contributed by atoms with E-state index < -0.39 is 6.09 Å². The number of carbonyl (C=O) groups excluding carboxylic acids is 1. The highest BCUT2D eigenvalue weighted by Gasteiger charge is 2.11. The molecular formula is C13H19N3O4. The molecule has 0 aliphatic rings. The first-order chi connectivity index (χ1) is 9.47. The van der Waals surface area contributed by atoms with Gasteiger partial charge in [0.05, 0.1) is 19.4 Å². The molecule has 0 bridgehead atoms. The third-order valence-electron chi connectivity index (χ3n) is 2.39. The van der Waals surface area contributed by atoms with Crippen LogP contribution in [0.4, 0.5) is 10.5 Å². The molecule has 110 valence electrons. The maximum atomic E-state index is 11.6. The number of carbonyl (C=O) groups is 1. The Bertz CT molecular complexity index is 500. The van der Waals surface area contributed by atoms with Gasteiger partial charge in [-0.15, -0.1) is 0 Å². The summed E-state index contributed by atoms with van der Waals surface area (Å²) in [6.45, 7) is 4.22. The van der Waals surface area contributed by atoms with Gasteiger partial charge in [0.25, 0.3) is 0 Å². The molecule has 0 fully saturated rings. The van der Waals surface area contributed by atoms with Crippen molar-refractivity contribution in [1.29, 1.82) is 0 Å². The Hall–Kier alpha value is -2.44. The van der Waals surface area contributed by atoms with Gasteiger partial charge in [0.2, 0.25) is 0 Å². The highest BCUT2D eigenvalue weighted by Crippen LogP contribution is 2.25. The lowest BCUT2D eigenvalue weighted by Gasteiger charge is -2.12. The summed E-state index contributed by atoms with van der Waals surface area (Å²) < 4.78 is 10.2. The molecule has 0 unspecified atom stereocenters. The van der Waals surface area contributed by atoms with Gasteiger partial charge in [-0.25, -0.2) is 4.79 Å². The number of hydrogen-bond donors (Lipinski definition) is 3. The average molecular weight is 281 g/mol. The maximum absolute atomic E-state index is 11.6. The lowest BCUT2D eigenvalue weighted by atomic mass is 10.1. The number of anilines is 1. The third-order valence-corrected chi connectivity index (χ3v) is 2.39. The highest BCUT2D eigenvalue weighted by atomic mass is 16.5. The van der Waals surface area contributed by atoms with Crippen molar-refractivity contribution in [3.05, 3.63) is 23.8 Å². The van der Waals surface area contributed by atoms with Crippen LogP contribution < -0.4 is 15.8 Å². The number of nitrogens with two attached hydrogens (primary N) is 1. The zero-order chi connectivity index (χ0) is 15.1. The number of nitrogens with one attached hydrogen (secondary N) is 1. The fraction of sp³-hybridized carbons (Fsp3) is 0.385. The van der Waals surface area contributed by atoms with Gasteiger partial charge in [0, 0.05) is 5.56 Å². The van der Waals surface area contributed by atoms with Gasteiger partial charge in [-0.05, 0) is 24.1 Å². The monoisotopic (exact) mass is 281 g/mol. The Morgan fingerprint density at radius 1 is 1.50 bits per heavy atom. The molecule has 1 amide bonds. The van der Waals surface area contributed by atoms with Crippen LogP contribution in [0.3, 0.4) is 0 Å². The van der Waals surface area contributed by atoms with Crippen molar-refractivity contribution in [3.63, 3.8) is 0 Å². The quantitative estimate of drug-likeness (QED) is 0.331. The zero-order valence-electron chi connectivity index (χ0n) is 11.7. The zero-order valence-corrected chi connectivity index (χ0v) is 11.7. The molecule has 0 aliphatic heterocycles. The normalized spacial score (nSPS) is 11.3. The Balaban J connectivity index is 2.83. The summed E-state index contributed by atoms with van der Waals surface area (Å²) in [7, 11) is 1.45. The number of oxime groups is 1. The summed E-state index contributed by atoms with van der Waals surface area (Å²) >= 11 is 0. The van der Waals surface area contributed by atoms with Gasteiger partial charge in [0.1, 0.15) is 5.75 Å². The van der Waals surface area contributed by atoms with E-state index in [1.807, 2.05) is 13.8 Å². The van der Waals surface area contributed by atoms with Gasteiger partial charge in [0.15, 0.2) is 5.84 Å². The van der Waals surface area contributed by atoms with Crippen LogP contribution in [0.5, 0.6) is 5.75 Å². The van der Waals surface area contributed by atoms with E-state index in [2.05, 4.69) is 10.5 Å². The number of amides is 1. The average Bonchev–Trinajstić information content (AvgIpc) is 2.44. The van der Waals surface area contributed by atoms with E-state index in [1.54, 1.807) is 18.2 Å². The summed E-state index contributed by atoms with van der Waals surface area (Å²) in [5.41, 5.74) is 6.40. The predicted molar refractivity (Wildman–Crippen MR) is 75.3 cm³/mol. The second-order valence-corrected chi connectivity index (χ2v) is 4.52. The van der Waals surface area contributed by atoms with Crippen molar-refractivity contribution in [1.82, 2.24) is 0 Å². The highest BCUT2D eigenvalue weighted by molar-refractivity contribution is 5.98. The SMILES string of the molecule is COc1cc(/C(N)=N/O)ccc1NC(=O)OCC(C)C. The number of rotatable bonds is 5. The summed E-state index contributed by atoms with van der Waals surface area (Å²) in [6, 6.07) is 4.73. The van der Waals surface area contributed by atoms with E-state index in [0.29, 0.717) is 23.6 Å². The molecule has 4 N–H and O–H groups in total. The Kier molecular flexibility index (Phi) is 5.64. The van der Waals surface area contributed by atoms with Crippen LogP contribution >= 0.6 is 0 Å². The minimum atomic E-state index is -0.562. The molecular weight excluding hydrogens is 262 g/mol. The molecule has 0 spiro atoms. The predicted octanol–water partition coefficient (Wildman–Crippen LogP) is 1.99. The molecule has 1 rings (SSSR count). The molecule has 0 atom stereocenters. The molecule has 0 saturated carbocycles. The van der Waals surface area contributed by atoms with Crippen LogP contribution in [-0.2, 0) is 4.74 Å². The van der Waals surface area contributed by atoms with E-state index in [-0.39, 0.29) is 11.8 Å². The first kappa shape index (κ1) is 15.6. The summed E-state index contributed by atoms with van der Waals surface area (Å²) in [5, 5.41) is 14.1. The minimum Gasteiger partial charge on any atom is -0.495 e. The van der Waals surface area contributed by atoms with Crippen molar-refractivity contribution in [2.75, 3.05) is 19.0 Å². The fourth-order valence-electron chi connectivity index (χ4n) is 1.40. The Labute approximate surface area is 117 Å². The van der Waals surface area contributed by atoms with Crippen molar-refractivity contribution in [2.24, 2.45) is 16.8 Å². The second kappa shape index (κ2) is 7.22. The van der Waals surface area contributed by atoms with E-state index in [0.717, 1.165) is 0 Å². The summed E-state index contributed by atoms with van der Waals surface area (Å²) in [4.78, 5) is 11.6. The van der Waals surface area contributed by atoms with Crippen LogP contribution in [0.15, 0.2) is 23.4 Å². The van der Waals surface area contributed by atoms with Crippen LogP contribution in [0.1, 0.15) is 19.4 Å². The van der Waals surface area contributed by atoms with Crippen molar-refractivity contribution < 1.29 is 19.5 Å². The molecule has 0 radical (unpaired) electrons. The molecule has 7 heteroatoms. The molecule has 7 nitrogen and oxygen atoms in total. The molecule has 0 heterocycles. The first-order valence-electron chi connectivity index (χ1n) is 6.07. The number of hydrogen-bond acceptors (Lipinski definition) is 5. The largest absolute Gasteiger partial charge is 0.495 e. The minimum absolute atomic E-state index is 0.0442. The summed E-state index contributed by atoms with van der Waals surface area (Å²) in [6.07, 6.45) is -0.562. The Morgan fingerprint density at radius 2 is 2.20 bits per heavy atom. The topological polar surface area (TPSA) is 106 Å². The smallest absolute Gasteiger partial charge is 0.411 e. The van der Waals surface area contributed by atoms with Crippen molar-refractivity contribution >= 4 is 17.6 Å². The molecule has 0 aliphatic carbocycles. The van der Waals surface area contributed by atoms with Crippen molar-refractivity contribution in [3.8, 4) is 5.75 Å². The number of amidine groups is 1. The number of methoxy groups -OCH3 is 1. The lowest BCUT2D eigenvalue weighted by Crippen LogP contribution is -2.18. The number of nitrogens with zero attached hydrogens (tertiary/aromatic N) is 1. The number of benzene rings is 1. The van der Waals surface area contributed by atoms with Gasteiger partial charge < -0.3 is 20.4 Å². The number of ether oxygens (including phenoxy) is 2. The van der Waals surface area contributed by atoms with E-state index in [1.165, 1.54) is 7.11 Å². The van der Waals surface area contributed by atoms with Gasteiger partial charge in [-0.2, -0.15) is 0 Å². The molecule has 1 aromatic carbocycles. The van der Waals surface area contributed by atoms with Gasteiger partial charge in [-0.1, -0.05) is 19.0 Å². The molecule has 0 aromatic heterocycles. The van der Waals surface area contributed by atoms with Crippen LogP contribution in [-0.4, -0.2) is 30.9 Å². The van der Waals surface area contributed by atoms with Crippen molar-refractivity contribution in [2.45, 2.75) is 13.8 Å². The maximum Gasteiger partial charge on any atom is 0.411 e. The lowest BCUT2D eigenvalue weighted by molar-refractivity contribution is 0.147. The van der Waals surface area contributed by atoms with Crippen LogP contribution in [0.2, 0.25) is 0 Å². The molecule has 0 saturated heterocycles. The van der Waals surface area contributed by atoms with E-state index in [9.17, 15) is 4.79 Å². The van der Waals surface area contributed by atoms with E-state index >= 15 is 0 Å². The molecule has 1 aromatic rings. The van der Waals surface area contributed by atoms with E-state index in [4.69, 9.17) is 20.4 Å². The van der Waals surface area contributed by atoms with Gasteiger partial charge >= 0.3 is 6.09 Å². The second-order valence-electron chi connectivity index (χ2n) is 4.52. The fourth-order valence-corrected chi connectivity index (χ4v) is 1.40.